The average molecular weight is 254 g/mol. The largest absolute Gasteiger partial charge is 0.493 e. The van der Waals surface area contributed by atoms with Gasteiger partial charge in [-0.15, -0.1) is 0 Å². The van der Waals surface area contributed by atoms with Crippen LogP contribution < -0.4 is 10.1 Å². The summed E-state index contributed by atoms with van der Waals surface area (Å²) < 4.78 is 30.9. The second-order valence-electron chi connectivity index (χ2n) is 4.25. The Morgan fingerprint density at radius 3 is 2.39 bits per heavy atom. The molecule has 0 saturated carbocycles. The molecule has 1 aromatic carbocycles. The smallest absolute Gasteiger partial charge is 0.129 e. The molecule has 0 aliphatic rings. The summed E-state index contributed by atoms with van der Waals surface area (Å²) in [5.41, 5.74) is 0. The van der Waals surface area contributed by atoms with Crippen LogP contribution in [-0.2, 0) is 0 Å². The van der Waals surface area contributed by atoms with Gasteiger partial charge >= 0.3 is 0 Å². The number of nitriles is 1. The molecular formula is C13H16F2N2O. The number of hydrogen-bond acceptors (Lipinski definition) is 3. The van der Waals surface area contributed by atoms with Gasteiger partial charge in [-0.2, -0.15) is 5.26 Å². The molecule has 0 spiro atoms. The Morgan fingerprint density at radius 2 is 1.89 bits per heavy atom. The van der Waals surface area contributed by atoms with E-state index in [2.05, 4.69) is 11.4 Å². The topological polar surface area (TPSA) is 45.0 Å². The van der Waals surface area contributed by atoms with Gasteiger partial charge in [-0.25, -0.2) is 8.78 Å². The van der Waals surface area contributed by atoms with E-state index in [1.807, 2.05) is 13.8 Å². The lowest BCUT2D eigenvalue weighted by molar-refractivity contribution is 0.292. The molecule has 1 rings (SSSR count). The predicted molar refractivity (Wildman–Crippen MR) is 64.1 cm³/mol. The zero-order valence-electron chi connectivity index (χ0n) is 10.4. The lowest BCUT2D eigenvalue weighted by atomic mass is 10.2. The normalized spacial score (nSPS) is 12.2. The van der Waals surface area contributed by atoms with E-state index in [9.17, 15) is 8.78 Å². The predicted octanol–water partition coefficient (Wildman–Crippen LogP) is 2.62. The molecule has 0 aliphatic heterocycles. The molecule has 0 bridgehead atoms. The maximum atomic E-state index is 12.9. The molecule has 0 aromatic heterocycles. The number of hydrogen-bond donors (Lipinski definition) is 1. The van der Waals surface area contributed by atoms with Gasteiger partial charge in [0.25, 0.3) is 0 Å². The number of nitrogens with one attached hydrogen (secondary N) is 1. The van der Waals surface area contributed by atoms with Crippen molar-refractivity contribution in [2.24, 2.45) is 0 Å². The minimum absolute atomic E-state index is 0.133. The van der Waals surface area contributed by atoms with Crippen molar-refractivity contribution in [1.29, 1.82) is 5.26 Å². The molecule has 0 fully saturated rings. The molecule has 1 aromatic rings. The van der Waals surface area contributed by atoms with Crippen LogP contribution in [0.2, 0.25) is 0 Å². The zero-order valence-corrected chi connectivity index (χ0v) is 10.4. The molecule has 0 amide bonds. The number of nitrogens with zero attached hydrogens (tertiary/aromatic N) is 1. The van der Waals surface area contributed by atoms with Crippen LogP contribution in [0.1, 0.15) is 20.3 Å². The number of rotatable bonds is 6. The van der Waals surface area contributed by atoms with E-state index in [0.717, 1.165) is 18.2 Å². The van der Waals surface area contributed by atoms with E-state index >= 15 is 0 Å². The molecule has 0 radical (unpaired) electrons. The van der Waals surface area contributed by atoms with Crippen molar-refractivity contribution in [1.82, 2.24) is 5.32 Å². The second-order valence-corrected chi connectivity index (χ2v) is 4.25. The molecule has 0 saturated heterocycles. The first kappa shape index (κ1) is 14.4. The summed E-state index contributed by atoms with van der Waals surface area (Å²) in [6, 6.07) is 4.97. The molecule has 1 atom stereocenters. The van der Waals surface area contributed by atoms with E-state index < -0.39 is 11.6 Å². The van der Waals surface area contributed by atoms with Gasteiger partial charge in [-0.1, -0.05) is 0 Å². The van der Waals surface area contributed by atoms with Crippen molar-refractivity contribution in [3.05, 3.63) is 29.8 Å². The van der Waals surface area contributed by atoms with Crippen LogP contribution in [0.5, 0.6) is 5.75 Å². The first-order valence-electron chi connectivity index (χ1n) is 5.76. The monoisotopic (exact) mass is 254 g/mol. The average Bonchev–Trinajstić information content (AvgIpc) is 2.25. The quantitative estimate of drug-likeness (QED) is 0.848. The molecular weight excluding hydrogens is 238 g/mol. The highest BCUT2D eigenvalue weighted by Gasteiger charge is 2.09. The van der Waals surface area contributed by atoms with Crippen LogP contribution in [0.15, 0.2) is 18.2 Å². The zero-order chi connectivity index (χ0) is 13.5. The van der Waals surface area contributed by atoms with Gasteiger partial charge < -0.3 is 4.74 Å². The molecule has 18 heavy (non-hydrogen) atoms. The molecule has 1 unspecified atom stereocenters. The molecule has 3 nitrogen and oxygen atoms in total. The van der Waals surface area contributed by atoms with E-state index in [-0.39, 0.29) is 24.4 Å². The fraction of sp³-hybridized carbons (Fsp3) is 0.462. The number of halogens is 2. The maximum Gasteiger partial charge on any atom is 0.129 e. The summed E-state index contributed by atoms with van der Waals surface area (Å²) in [6.07, 6.45) is 0.451. The van der Waals surface area contributed by atoms with Crippen molar-refractivity contribution in [3.8, 4) is 11.8 Å². The van der Waals surface area contributed by atoms with Gasteiger partial charge in [0.2, 0.25) is 0 Å². The summed E-state index contributed by atoms with van der Waals surface area (Å²) in [5, 5.41) is 11.9. The lowest BCUT2D eigenvalue weighted by Crippen LogP contribution is -2.34. The minimum Gasteiger partial charge on any atom is -0.493 e. The fourth-order valence-corrected chi connectivity index (χ4v) is 1.49. The van der Waals surface area contributed by atoms with E-state index in [4.69, 9.17) is 10.00 Å². The van der Waals surface area contributed by atoms with Crippen molar-refractivity contribution in [2.75, 3.05) is 6.61 Å². The first-order valence-corrected chi connectivity index (χ1v) is 5.76. The van der Waals surface area contributed by atoms with Gasteiger partial charge in [-0.3, -0.25) is 5.32 Å². The molecule has 1 N–H and O–H groups in total. The SMILES string of the molecule is CC(C)NC(C#N)CCOc1cc(F)cc(F)c1. The Bertz CT molecular complexity index is 409. The van der Waals surface area contributed by atoms with E-state index in [1.54, 1.807) is 0 Å². The van der Waals surface area contributed by atoms with Crippen molar-refractivity contribution in [2.45, 2.75) is 32.4 Å². The van der Waals surface area contributed by atoms with Gasteiger partial charge in [0.15, 0.2) is 0 Å². The Labute approximate surface area is 105 Å². The van der Waals surface area contributed by atoms with Gasteiger partial charge in [0.05, 0.1) is 18.7 Å². The summed E-state index contributed by atoms with van der Waals surface area (Å²) in [4.78, 5) is 0. The third kappa shape index (κ3) is 5.11. The van der Waals surface area contributed by atoms with Gasteiger partial charge in [0.1, 0.15) is 17.4 Å². The third-order valence-electron chi connectivity index (χ3n) is 2.20. The highest BCUT2D eigenvalue weighted by molar-refractivity contribution is 5.23. The maximum absolute atomic E-state index is 12.9. The van der Waals surface area contributed by atoms with Crippen LogP contribution in [0, 0.1) is 23.0 Å². The Hall–Kier alpha value is -1.67. The summed E-state index contributed by atoms with van der Waals surface area (Å²) in [5.74, 6) is -1.22. The Morgan fingerprint density at radius 1 is 1.28 bits per heavy atom. The van der Waals surface area contributed by atoms with Gasteiger partial charge in [0, 0.05) is 30.7 Å². The standard InChI is InChI=1S/C13H16F2N2O/c1-9(2)17-12(8-16)3-4-18-13-6-10(14)5-11(15)7-13/h5-7,9,12,17H,3-4H2,1-2H3. The second kappa shape index (κ2) is 6.92. The number of ether oxygens (including phenoxy) is 1. The fourth-order valence-electron chi connectivity index (χ4n) is 1.49. The number of benzene rings is 1. The van der Waals surface area contributed by atoms with Crippen LogP contribution in [0.25, 0.3) is 0 Å². The van der Waals surface area contributed by atoms with E-state index in [1.165, 1.54) is 0 Å². The van der Waals surface area contributed by atoms with Crippen LogP contribution in [-0.4, -0.2) is 18.7 Å². The Kier molecular flexibility index (Phi) is 5.53. The summed E-state index contributed by atoms with van der Waals surface area (Å²) in [7, 11) is 0. The van der Waals surface area contributed by atoms with Gasteiger partial charge in [-0.05, 0) is 13.8 Å². The van der Waals surface area contributed by atoms with E-state index in [0.29, 0.717) is 6.42 Å². The minimum atomic E-state index is -0.679. The summed E-state index contributed by atoms with van der Waals surface area (Å²) >= 11 is 0. The molecule has 98 valence electrons. The van der Waals surface area contributed by atoms with Crippen LogP contribution in [0.4, 0.5) is 8.78 Å². The summed E-state index contributed by atoms with van der Waals surface area (Å²) in [6.45, 7) is 4.10. The van der Waals surface area contributed by atoms with Crippen molar-refractivity contribution >= 4 is 0 Å². The van der Waals surface area contributed by atoms with Crippen molar-refractivity contribution < 1.29 is 13.5 Å². The third-order valence-corrected chi connectivity index (χ3v) is 2.20. The molecule has 0 aliphatic carbocycles. The molecule has 5 heteroatoms. The highest BCUT2D eigenvalue weighted by Crippen LogP contribution is 2.15. The highest BCUT2D eigenvalue weighted by atomic mass is 19.1. The van der Waals surface area contributed by atoms with Crippen molar-refractivity contribution in [3.63, 3.8) is 0 Å². The lowest BCUT2D eigenvalue weighted by Gasteiger charge is -2.14. The first-order chi connectivity index (χ1) is 8.51. The Balaban J connectivity index is 2.43. The van der Waals surface area contributed by atoms with Crippen LogP contribution in [0.3, 0.4) is 0 Å². The van der Waals surface area contributed by atoms with Crippen LogP contribution >= 0.6 is 0 Å². The molecule has 0 heterocycles.